The summed E-state index contributed by atoms with van der Waals surface area (Å²) in [5.41, 5.74) is 0.661. The maximum Gasteiger partial charge on any atom is 0.151 e. The van der Waals surface area contributed by atoms with Crippen LogP contribution in [0.1, 0.15) is 10.4 Å². The number of thioether (sulfide) groups is 1. The summed E-state index contributed by atoms with van der Waals surface area (Å²) in [6.45, 7) is 1.49. The Balaban J connectivity index is 2.24. The van der Waals surface area contributed by atoms with Gasteiger partial charge in [-0.3, -0.25) is 4.79 Å². The third-order valence-electron chi connectivity index (χ3n) is 2.02. The van der Waals surface area contributed by atoms with E-state index >= 15 is 0 Å². The Morgan fingerprint density at radius 2 is 2.29 bits per heavy atom. The topological polar surface area (TPSA) is 26.3 Å². The third kappa shape index (κ3) is 1.95. The maximum absolute atomic E-state index is 10.8. The van der Waals surface area contributed by atoms with Gasteiger partial charge in [0.05, 0.1) is 23.5 Å². The van der Waals surface area contributed by atoms with Crippen LogP contribution in [0.4, 0.5) is 0 Å². The molecule has 1 aromatic rings. The molecule has 2 nitrogen and oxygen atoms in total. The van der Waals surface area contributed by atoms with Gasteiger partial charge in [0, 0.05) is 10.5 Å². The van der Waals surface area contributed by atoms with Gasteiger partial charge in [-0.1, -0.05) is 23.7 Å². The summed E-state index contributed by atoms with van der Waals surface area (Å²) >= 11 is 7.63. The first kappa shape index (κ1) is 10.0. The Morgan fingerprint density at radius 3 is 2.86 bits per heavy atom. The summed E-state index contributed by atoms with van der Waals surface area (Å²) in [5, 5.41) is 1.08. The molecular weight excluding hydrogens is 220 g/mol. The van der Waals surface area contributed by atoms with Crippen molar-refractivity contribution in [1.82, 2.24) is 0 Å². The van der Waals surface area contributed by atoms with E-state index in [1.165, 1.54) is 0 Å². The lowest BCUT2D eigenvalue weighted by Gasteiger charge is -2.25. The van der Waals surface area contributed by atoms with Crippen LogP contribution in [0.3, 0.4) is 0 Å². The lowest BCUT2D eigenvalue weighted by atomic mass is 10.2. The molecule has 0 aromatic heterocycles. The molecule has 0 amide bonds. The quantitative estimate of drug-likeness (QED) is 0.744. The molecule has 1 aliphatic heterocycles. The molecule has 0 bridgehead atoms. The second-order valence-corrected chi connectivity index (χ2v) is 4.77. The minimum absolute atomic E-state index is 0.439. The molecule has 2 rings (SSSR count). The van der Waals surface area contributed by atoms with E-state index in [0.29, 0.717) is 15.8 Å². The molecule has 0 saturated carbocycles. The van der Waals surface area contributed by atoms with Crippen molar-refractivity contribution in [3.05, 3.63) is 28.8 Å². The molecule has 0 radical (unpaired) electrons. The third-order valence-corrected chi connectivity index (χ3v) is 3.74. The molecule has 0 N–H and O–H groups in total. The fourth-order valence-corrected chi connectivity index (χ4v) is 2.60. The molecule has 0 spiro atoms. The van der Waals surface area contributed by atoms with Gasteiger partial charge in [-0.2, -0.15) is 0 Å². The van der Waals surface area contributed by atoms with Crippen LogP contribution in [0.25, 0.3) is 0 Å². The number of halogens is 1. The largest absolute Gasteiger partial charge is 0.379 e. The van der Waals surface area contributed by atoms with Crippen LogP contribution in [-0.2, 0) is 4.74 Å². The van der Waals surface area contributed by atoms with E-state index in [1.54, 1.807) is 30.0 Å². The summed E-state index contributed by atoms with van der Waals surface area (Å²) in [4.78, 5) is 11.6. The van der Waals surface area contributed by atoms with Gasteiger partial charge in [-0.05, 0) is 6.07 Å². The Labute approximate surface area is 91.6 Å². The zero-order chi connectivity index (χ0) is 9.97. The van der Waals surface area contributed by atoms with Crippen molar-refractivity contribution in [3.8, 4) is 0 Å². The summed E-state index contributed by atoms with van der Waals surface area (Å²) < 4.78 is 5.07. The molecule has 1 saturated heterocycles. The molecular formula is C10H9ClO2S. The number of carbonyl (C=O) groups excluding carboxylic acids is 1. The van der Waals surface area contributed by atoms with E-state index in [2.05, 4.69) is 0 Å². The summed E-state index contributed by atoms with van der Waals surface area (Å²) in [5.74, 6) is 0. The van der Waals surface area contributed by atoms with Gasteiger partial charge in [-0.25, -0.2) is 0 Å². The fraction of sp³-hybridized carbons (Fsp3) is 0.300. The smallest absolute Gasteiger partial charge is 0.151 e. The standard InChI is InChI=1S/C10H9ClO2S/c11-9-3-1-2-7(4-12)10(9)14-8-5-13-6-8/h1-4,8H,5-6H2. The van der Waals surface area contributed by atoms with Gasteiger partial charge in [0.15, 0.2) is 6.29 Å². The van der Waals surface area contributed by atoms with Crippen LogP contribution >= 0.6 is 23.4 Å². The molecule has 74 valence electrons. The van der Waals surface area contributed by atoms with Crippen molar-refractivity contribution >= 4 is 29.6 Å². The van der Waals surface area contributed by atoms with E-state index in [0.717, 1.165) is 24.4 Å². The van der Waals surface area contributed by atoms with Gasteiger partial charge in [0.1, 0.15) is 0 Å². The number of hydrogen-bond donors (Lipinski definition) is 0. The summed E-state index contributed by atoms with van der Waals surface area (Å²) in [7, 11) is 0. The SMILES string of the molecule is O=Cc1cccc(Cl)c1SC1COC1. The average Bonchev–Trinajstić information content (AvgIpc) is 2.12. The minimum Gasteiger partial charge on any atom is -0.379 e. The summed E-state index contributed by atoms with van der Waals surface area (Å²) in [6, 6.07) is 5.37. The van der Waals surface area contributed by atoms with Gasteiger partial charge >= 0.3 is 0 Å². The lowest BCUT2D eigenvalue weighted by molar-refractivity contribution is 0.0455. The highest BCUT2D eigenvalue weighted by molar-refractivity contribution is 8.00. The Kier molecular flexibility index (Phi) is 3.11. The molecule has 4 heteroatoms. The van der Waals surface area contributed by atoms with Crippen molar-refractivity contribution in [2.75, 3.05) is 13.2 Å². The molecule has 1 fully saturated rings. The van der Waals surface area contributed by atoms with Crippen LogP contribution in [0.2, 0.25) is 5.02 Å². The van der Waals surface area contributed by atoms with E-state index in [-0.39, 0.29) is 0 Å². The zero-order valence-electron chi connectivity index (χ0n) is 7.40. The van der Waals surface area contributed by atoms with E-state index < -0.39 is 0 Å². The monoisotopic (exact) mass is 228 g/mol. The summed E-state index contributed by atoms with van der Waals surface area (Å²) in [6.07, 6.45) is 0.841. The van der Waals surface area contributed by atoms with Gasteiger partial charge in [0.25, 0.3) is 0 Å². The number of aldehydes is 1. The number of rotatable bonds is 3. The van der Waals surface area contributed by atoms with Crippen LogP contribution in [0, 0.1) is 0 Å². The first-order valence-corrected chi connectivity index (χ1v) is 5.55. The van der Waals surface area contributed by atoms with Crippen molar-refractivity contribution in [1.29, 1.82) is 0 Å². The van der Waals surface area contributed by atoms with E-state index in [1.807, 2.05) is 0 Å². The van der Waals surface area contributed by atoms with Crippen molar-refractivity contribution in [2.24, 2.45) is 0 Å². The first-order chi connectivity index (χ1) is 6.81. The number of carbonyl (C=O) groups is 1. The highest BCUT2D eigenvalue weighted by atomic mass is 35.5. The first-order valence-electron chi connectivity index (χ1n) is 4.29. The van der Waals surface area contributed by atoms with Crippen LogP contribution in [0.5, 0.6) is 0 Å². The molecule has 1 aromatic carbocycles. The normalized spacial score (nSPS) is 16.4. The molecule has 0 unspecified atom stereocenters. The van der Waals surface area contributed by atoms with Gasteiger partial charge in [0.2, 0.25) is 0 Å². The fourth-order valence-electron chi connectivity index (χ4n) is 1.19. The molecule has 1 heterocycles. The van der Waals surface area contributed by atoms with Crippen LogP contribution in [0.15, 0.2) is 23.1 Å². The molecule has 14 heavy (non-hydrogen) atoms. The minimum atomic E-state index is 0.439. The Morgan fingerprint density at radius 1 is 1.50 bits per heavy atom. The van der Waals surface area contributed by atoms with Gasteiger partial charge in [-0.15, -0.1) is 11.8 Å². The van der Waals surface area contributed by atoms with E-state index in [9.17, 15) is 4.79 Å². The van der Waals surface area contributed by atoms with Crippen molar-refractivity contribution in [2.45, 2.75) is 10.1 Å². The van der Waals surface area contributed by atoms with E-state index in [4.69, 9.17) is 16.3 Å². The number of benzene rings is 1. The van der Waals surface area contributed by atoms with Gasteiger partial charge < -0.3 is 4.74 Å². The lowest BCUT2D eigenvalue weighted by Crippen LogP contribution is -2.30. The molecule has 1 aliphatic rings. The molecule has 0 atom stereocenters. The Bertz CT molecular complexity index is 350. The second kappa shape index (κ2) is 4.34. The molecule has 0 aliphatic carbocycles. The highest BCUT2D eigenvalue weighted by Crippen LogP contribution is 2.35. The van der Waals surface area contributed by atoms with Crippen molar-refractivity contribution < 1.29 is 9.53 Å². The second-order valence-electron chi connectivity index (χ2n) is 3.05. The zero-order valence-corrected chi connectivity index (χ0v) is 8.98. The van der Waals surface area contributed by atoms with Crippen LogP contribution < -0.4 is 0 Å². The van der Waals surface area contributed by atoms with Crippen LogP contribution in [-0.4, -0.2) is 24.7 Å². The van der Waals surface area contributed by atoms with Crippen molar-refractivity contribution in [3.63, 3.8) is 0 Å². The average molecular weight is 229 g/mol. The maximum atomic E-state index is 10.8. The highest BCUT2D eigenvalue weighted by Gasteiger charge is 2.21. The number of hydrogen-bond acceptors (Lipinski definition) is 3. The number of ether oxygens (including phenoxy) is 1. The Hall–Kier alpha value is -0.510. The predicted molar refractivity (Wildman–Crippen MR) is 57.3 cm³/mol. The predicted octanol–water partition coefficient (Wildman–Crippen LogP) is 2.64.